The van der Waals surface area contributed by atoms with E-state index >= 15 is 0 Å². The highest BCUT2D eigenvalue weighted by Crippen LogP contribution is 2.28. The van der Waals surface area contributed by atoms with Crippen LogP contribution >= 0.6 is 0 Å². The average Bonchev–Trinajstić information content (AvgIpc) is 3.32. The Morgan fingerprint density at radius 1 is 0.267 bits per heavy atom. The van der Waals surface area contributed by atoms with Crippen LogP contribution in [0.1, 0.15) is 205 Å². The molecule has 19 heteroatoms. The fraction of sp³-hybridized carbons (Fsp3) is 1.00. The van der Waals surface area contributed by atoms with Gasteiger partial charge in [-0.05, 0) is 201 Å². The highest BCUT2D eigenvalue weighted by Gasteiger charge is 2.38. The Morgan fingerprint density at radius 2 is 0.465 bits per heavy atom. The first kappa shape index (κ1) is 83.3. The van der Waals surface area contributed by atoms with Crippen LogP contribution in [0.2, 0.25) is 0 Å². The van der Waals surface area contributed by atoms with Gasteiger partial charge in [0.2, 0.25) is 0 Å². The number of hydrogen-bond donors (Lipinski definition) is 12. The molecule has 0 bridgehead atoms. The molecule has 16 atom stereocenters. The van der Waals surface area contributed by atoms with Gasteiger partial charge in [0, 0.05) is 173 Å². The molecular formula is C67H148N14O5. The Hall–Kier alpha value is -0.760. The van der Waals surface area contributed by atoms with Crippen molar-refractivity contribution in [3.8, 4) is 0 Å². The summed E-state index contributed by atoms with van der Waals surface area (Å²) in [7, 11) is 0. The van der Waals surface area contributed by atoms with Crippen LogP contribution < -0.4 is 40.1 Å². The van der Waals surface area contributed by atoms with E-state index in [1.807, 2.05) is 0 Å². The molecule has 0 spiro atoms. The van der Waals surface area contributed by atoms with Gasteiger partial charge >= 0.3 is 0 Å². The quantitative estimate of drug-likeness (QED) is 0.161. The molecule has 0 radical (unpaired) electrons. The Labute approximate surface area is 529 Å². The average molecular weight is 1230 g/mol. The monoisotopic (exact) mass is 1230 g/mol. The zero-order chi connectivity index (χ0) is 67.2. The van der Waals surface area contributed by atoms with Crippen LogP contribution in [-0.4, -0.2) is 263 Å². The maximum absolute atomic E-state index is 9.68. The van der Waals surface area contributed by atoms with Crippen LogP contribution in [0.15, 0.2) is 0 Å². The van der Waals surface area contributed by atoms with E-state index in [1.54, 1.807) is 0 Å². The number of likely N-dealkylation sites (tertiary alicyclic amines) is 7. The van der Waals surface area contributed by atoms with Crippen molar-refractivity contribution in [1.82, 2.24) is 34.3 Å². The lowest BCUT2D eigenvalue weighted by molar-refractivity contribution is -0.0162. The van der Waals surface area contributed by atoms with E-state index in [0.717, 1.165) is 110 Å². The molecule has 7 rings (SSSR count). The minimum atomic E-state index is -0.335. The largest absolute Gasteiger partial charge is 0.391 e. The van der Waals surface area contributed by atoms with Gasteiger partial charge in [0.05, 0.1) is 30.5 Å². The Balaban J connectivity index is 0.000000502. The minimum absolute atomic E-state index is 0.0713. The lowest BCUT2D eigenvalue weighted by atomic mass is 9.89. The van der Waals surface area contributed by atoms with Gasteiger partial charge in [0.25, 0.3) is 0 Å². The summed E-state index contributed by atoms with van der Waals surface area (Å²) in [6.07, 6.45) is 3.21. The minimum Gasteiger partial charge on any atom is -0.391 e. The number of aliphatic hydroxyl groups excluding tert-OH is 5. The number of aliphatic hydroxyl groups is 5. The first-order valence-electron chi connectivity index (χ1n) is 33.6. The highest BCUT2D eigenvalue weighted by atomic mass is 16.3. The standard InChI is InChI=1S/2C10H22N2O.2C10H22N2.3C9H20N2O/c2*1-7-5-12(10(2,3)4)6-8(11)9(7)13;2*1-8-5-9(11)7-12(6-8)10(2,3)4;3*1-9(2,3)11-5-4-8(12)7(10)6-11/h2*7-9,13H,5-6,11H2,1-4H3;2*8-9H,5-7,11H2,1-4H3;3*7-8,12H,4-6,10H2,1-3H3/t2*7-,8+,9+;2*8-,9+;2*7-,8+;7-,8-/m1010100/s1. The lowest BCUT2D eigenvalue weighted by Crippen LogP contribution is -2.60. The van der Waals surface area contributed by atoms with Crippen molar-refractivity contribution in [1.29, 1.82) is 0 Å². The van der Waals surface area contributed by atoms with Crippen molar-refractivity contribution in [2.45, 2.75) is 317 Å². The zero-order valence-electron chi connectivity index (χ0n) is 60.6. The molecule has 7 heterocycles. The third kappa shape index (κ3) is 30.3. The van der Waals surface area contributed by atoms with Gasteiger partial charge < -0.3 is 65.7 Å². The molecule has 7 aliphatic heterocycles. The second-order valence-electron chi connectivity index (χ2n) is 34.7. The summed E-state index contributed by atoms with van der Waals surface area (Å²) in [5, 5.41) is 47.6. The predicted octanol–water partition coefficient (Wildman–Crippen LogP) is 4.29. The Kier molecular flexibility index (Phi) is 33.8. The number of hydrogen-bond acceptors (Lipinski definition) is 19. The van der Waals surface area contributed by atoms with Gasteiger partial charge in [-0.25, -0.2) is 0 Å². The molecule has 516 valence electrons. The Morgan fingerprint density at radius 3 is 0.640 bits per heavy atom. The number of piperidine rings is 7. The summed E-state index contributed by atoms with van der Waals surface area (Å²) in [5.74, 6) is 2.08. The van der Waals surface area contributed by atoms with Crippen molar-refractivity contribution in [2.75, 3.05) is 91.6 Å². The maximum Gasteiger partial charge on any atom is 0.0741 e. The first-order chi connectivity index (χ1) is 38.7. The summed E-state index contributed by atoms with van der Waals surface area (Å²) in [5.41, 5.74) is 42.4. The molecule has 7 saturated heterocycles. The van der Waals surface area contributed by atoms with Crippen molar-refractivity contribution in [3.05, 3.63) is 0 Å². The summed E-state index contributed by atoms with van der Waals surface area (Å²) in [6, 6.07) is 0.362. The van der Waals surface area contributed by atoms with E-state index in [2.05, 4.69) is 207 Å². The van der Waals surface area contributed by atoms with Crippen LogP contribution in [0, 0.1) is 23.7 Å². The molecule has 19 nitrogen and oxygen atoms in total. The molecule has 0 aromatic rings. The van der Waals surface area contributed by atoms with E-state index in [4.69, 9.17) is 40.1 Å². The fourth-order valence-corrected chi connectivity index (χ4v) is 12.4. The summed E-state index contributed by atoms with van der Waals surface area (Å²) < 4.78 is 0. The molecule has 0 saturated carbocycles. The van der Waals surface area contributed by atoms with Crippen molar-refractivity contribution >= 4 is 0 Å². The van der Waals surface area contributed by atoms with Crippen LogP contribution in [-0.2, 0) is 0 Å². The molecule has 0 aromatic carbocycles. The molecule has 0 aliphatic carbocycles. The number of nitrogens with zero attached hydrogens (tertiary/aromatic N) is 7. The van der Waals surface area contributed by atoms with Gasteiger partial charge in [-0.2, -0.15) is 0 Å². The summed E-state index contributed by atoms with van der Waals surface area (Å²) in [4.78, 5) is 16.6. The molecule has 7 fully saturated rings. The third-order valence-corrected chi connectivity index (χ3v) is 18.8. The van der Waals surface area contributed by atoms with Crippen molar-refractivity contribution in [3.63, 3.8) is 0 Å². The second-order valence-corrected chi connectivity index (χ2v) is 34.7. The van der Waals surface area contributed by atoms with Crippen molar-refractivity contribution < 1.29 is 25.5 Å². The fourth-order valence-electron chi connectivity index (χ4n) is 12.4. The predicted molar refractivity (Wildman–Crippen MR) is 365 cm³/mol. The summed E-state index contributed by atoms with van der Waals surface area (Å²) >= 11 is 0. The Bertz CT molecular complexity index is 1630. The molecule has 0 unspecified atom stereocenters. The van der Waals surface area contributed by atoms with E-state index in [1.165, 1.54) is 25.9 Å². The van der Waals surface area contributed by atoms with Crippen LogP contribution in [0.3, 0.4) is 0 Å². The molecule has 86 heavy (non-hydrogen) atoms. The van der Waals surface area contributed by atoms with Crippen LogP contribution in [0.4, 0.5) is 0 Å². The SMILES string of the molecule is CC(C)(C)N1CC[C@@H](O)[C@@H](N)C1.CC(C)(C)N1CC[C@H](O)[C@@H](N)C1.CC(C)(C)N1CC[C@H](O)[C@H](N)C1.C[C@@H]1CN(C(C)(C)C)C[C@H](N)[C@H]1O.C[C@@H]1C[C@H](N)CN(C(C)(C)C)C1.C[C@H]1CN(C(C)(C)C)C[C@@H](N)[C@@H]1O.C[C@H]1C[C@@H](N)CN(C(C)(C)C)C1. The van der Waals surface area contributed by atoms with Crippen LogP contribution in [0.25, 0.3) is 0 Å². The number of rotatable bonds is 0. The maximum atomic E-state index is 9.68. The topological polar surface area (TPSA) is 306 Å². The number of nitrogens with two attached hydrogens (primary N) is 7. The molecule has 7 aliphatic rings. The third-order valence-electron chi connectivity index (χ3n) is 18.8. The smallest absolute Gasteiger partial charge is 0.0741 e. The molecule has 0 amide bonds. The van der Waals surface area contributed by atoms with E-state index in [9.17, 15) is 25.5 Å². The van der Waals surface area contributed by atoms with Gasteiger partial charge in [0.15, 0.2) is 0 Å². The van der Waals surface area contributed by atoms with Crippen molar-refractivity contribution in [2.24, 2.45) is 63.8 Å². The lowest BCUT2D eigenvalue weighted by Gasteiger charge is -2.45. The first-order valence-corrected chi connectivity index (χ1v) is 33.6. The summed E-state index contributed by atoms with van der Waals surface area (Å²) in [6.45, 7) is 68.3. The molecule has 19 N–H and O–H groups in total. The van der Waals surface area contributed by atoms with Gasteiger partial charge in [-0.3, -0.25) is 34.3 Å². The molecular weight excluding hydrogens is 1080 g/mol. The zero-order valence-corrected chi connectivity index (χ0v) is 60.6. The molecule has 0 aromatic heterocycles. The van der Waals surface area contributed by atoms with E-state index in [0.29, 0.717) is 12.1 Å². The van der Waals surface area contributed by atoms with E-state index in [-0.39, 0.29) is 111 Å². The van der Waals surface area contributed by atoms with Crippen LogP contribution in [0.5, 0.6) is 0 Å². The second kappa shape index (κ2) is 34.9. The van der Waals surface area contributed by atoms with Gasteiger partial charge in [-0.15, -0.1) is 0 Å². The van der Waals surface area contributed by atoms with Gasteiger partial charge in [0.1, 0.15) is 0 Å². The van der Waals surface area contributed by atoms with Gasteiger partial charge in [-0.1, -0.05) is 27.7 Å². The highest BCUT2D eigenvalue weighted by molar-refractivity contribution is 4.95. The normalized spacial score (nSPS) is 35.0. The van der Waals surface area contributed by atoms with E-state index < -0.39 is 0 Å².